The molecule has 0 bridgehead atoms. The second-order valence-corrected chi connectivity index (χ2v) is 6.03. The Kier molecular flexibility index (Phi) is 5.61. The van der Waals surface area contributed by atoms with Crippen LogP contribution < -0.4 is 10.6 Å². The number of hydrogen-bond acceptors (Lipinski definition) is 3. The SMILES string of the molecule is Cn1ncc(C(=O)NCC(=O)Nc2cccc(F)c2)c1Cc1ccccc1. The fraction of sp³-hybridized carbons (Fsp3) is 0.150. The first-order chi connectivity index (χ1) is 13.0. The average Bonchev–Trinajstić information content (AvgIpc) is 3.01. The lowest BCUT2D eigenvalue weighted by Gasteiger charge is -2.09. The summed E-state index contributed by atoms with van der Waals surface area (Å²) in [4.78, 5) is 24.4. The quantitative estimate of drug-likeness (QED) is 0.704. The monoisotopic (exact) mass is 366 g/mol. The molecule has 0 atom stereocenters. The maximum atomic E-state index is 13.1. The van der Waals surface area contributed by atoms with Gasteiger partial charge in [-0.2, -0.15) is 5.10 Å². The standard InChI is InChI=1S/C20H19FN4O2/c1-25-18(10-14-6-3-2-4-7-14)17(12-23-25)20(27)22-13-19(26)24-16-9-5-8-15(21)11-16/h2-9,11-12H,10,13H2,1H3,(H,22,27)(H,24,26). The van der Waals surface area contributed by atoms with Gasteiger partial charge in [-0.3, -0.25) is 14.3 Å². The molecule has 0 unspecified atom stereocenters. The molecule has 1 heterocycles. The van der Waals surface area contributed by atoms with Crippen LogP contribution in [0.5, 0.6) is 0 Å². The van der Waals surface area contributed by atoms with Gasteiger partial charge in [-0.05, 0) is 23.8 Å². The molecular weight excluding hydrogens is 347 g/mol. The highest BCUT2D eigenvalue weighted by atomic mass is 19.1. The van der Waals surface area contributed by atoms with Crippen molar-refractivity contribution in [2.75, 3.05) is 11.9 Å². The van der Waals surface area contributed by atoms with Crippen molar-refractivity contribution in [2.24, 2.45) is 7.05 Å². The van der Waals surface area contributed by atoms with E-state index in [1.807, 2.05) is 30.3 Å². The molecule has 3 aromatic rings. The summed E-state index contributed by atoms with van der Waals surface area (Å²) in [5.74, 6) is -1.27. The van der Waals surface area contributed by atoms with E-state index in [-0.39, 0.29) is 12.5 Å². The van der Waals surface area contributed by atoms with E-state index < -0.39 is 11.7 Å². The van der Waals surface area contributed by atoms with Gasteiger partial charge in [0, 0.05) is 19.2 Å². The summed E-state index contributed by atoms with van der Waals surface area (Å²) in [7, 11) is 1.77. The number of amides is 2. The lowest BCUT2D eigenvalue weighted by molar-refractivity contribution is -0.115. The Hall–Kier alpha value is -3.48. The maximum Gasteiger partial charge on any atom is 0.255 e. The van der Waals surface area contributed by atoms with Crippen molar-refractivity contribution in [2.45, 2.75) is 6.42 Å². The number of benzene rings is 2. The first-order valence-corrected chi connectivity index (χ1v) is 8.41. The average molecular weight is 366 g/mol. The second-order valence-electron chi connectivity index (χ2n) is 6.03. The molecule has 0 aliphatic rings. The van der Waals surface area contributed by atoms with E-state index >= 15 is 0 Å². The van der Waals surface area contributed by atoms with Crippen molar-refractivity contribution in [3.05, 3.63) is 83.4 Å². The van der Waals surface area contributed by atoms with Gasteiger partial charge in [0.15, 0.2) is 0 Å². The van der Waals surface area contributed by atoms with E-state index in [0.717, 1.165) is 11.3 Å². The number of nitrogens with zero attached hydrogens (tertiary/aromatic N) is 2. The summed E-state index contributed by atoms with van der Waals surface area (Å²) >= 11 is 0. The molecule has 0 radical (unpaired) electrons. The normalized spacial score (nSPS) is 10.4. The fourth-order valence-corrected chi connectivity index (χ4v) is 2.68. The third kappa shape index (κ3) is 4.78. The molecular formula is C20H19FN4O2. The summed E-state index contributed by atoms with van der Waals surface area (Å²) in [6.45, 7) is -0.227. The number of nitrogens with one attached hydrogen (secondary N) is 2. The molecule has 2 amide bonds. The van der Waals surface area contributed by atoms with Crippen molar-refractivity contribution in [1.29, 1.82) is 0 Å². The lowest BCUT2D eigenvalue weighted by Crippen LogP contribution is -2.33. The number of aryl methyl sites for hydroxylation is 1. The minimum Gasteiger partial charge on any atom is -0.343 e. The molecule has 0 spiro atoms. The Balaban J connectivity index is 1.62. The Morgan fingerprint density at radius 2 is 1.89 bits per heavy atom. The molecule has 0 aliphatic heterocycles. The van der Waals surface area contributed by atoms with Gasteiger partial charge in [0.2, 0.25) is 5.91 Å². The van der Waals surface area contributed by atoms with E-state index in [1.165, 1.54) is 24.4 Å². The number of carbonyl (C=O) groups is 2. The predicted molar refractivity (Wildman–Crippen MR) is 99.8 cm³/mol. The summed E-state index contributed by atoms with van der Waals surface area (Å²) in [5.41, 5.74) is 2.56. The molecule has 7 heteroatoms. The summed E-state index contributed by atoms with van der Waals surface area (Å²) in [6, 6.07) is 15.3. The number of anilines is 1. The second kappa shape index (κ2) is 8.27. The van der Waals surface area contributed by atoms with Gasteiger partial charge < -0.3 is 10.6 Å². The first kappa shape index (κ1) is 18.3. The smallest absolute Gasteiger partial charge is 0.255 e. The highest BCUT2D eigenvalue weighted by Gasteiger charge is 2.17. The highest BCUT2D eigenvalue weighted by molar-refractivity contribution is 5.99. The van der Waals surface area contributed by atoms with Crippen LogP contribution in [0.3, 0.4) is 0 Å². The number of aromatic nitrogens is 2. The number of rotatable bonds is 6. The summed E-state index contributed by atoms with van der Waals surface area (Å²) in [6.07, 6.45) is 2.04. The van der Waals surface area contributed by atoms with Gasteiger partial charge in [0.05, 0.1) is 24.0 Å². The molecule has 2 N–H and O–H groups in total. The van der Waals surface area contributed by atoms with E-state index in [2.05, 4.69) is 15.7 Å². The third-order valence-corrected chi connectivity index (χ3v) is 4.04. The van der Waals surface area contributed by atoms with E-state index in [0.29, 0.717) is 17.7 Å². The third-order valence-electron chi connectivity index (χ3n) is 4.04. The van der Waals surface area contributed by atoms with E-state index in [9.17, 15) is 14.0 Å². The predicted octanol–water partition coefficient (Wildman–Crippen LogP) is 2.52. The lowest BCUT2D eigenvalue weighted by atomic mass is 10.1. The Bertz CT molecular complexity index is 954. The van der Waals surface area contributed by atoms with Crippen LogP contribution in [0, 0.1) is 5.82 Å². The molecule has 138 valence electrons. The number of carbonyl (C=O) groups excluding carboxylic acids is 2. The zero-order chi connectivity index (χ0) is 19.2. The Morgan fingerprint density at radius 1 is 1.11 bits per heavy atom. The van der Waals surface area contributed by atoms with Gasteiger partial charge in [-0.15, -0.1) is 0 Å². The van der Waals surface area contributed by atoms with Crippen molar-refractivity contribution in [3.63, 3.8) is 0 Å². The highest BCUT2D eigenvalue weighted by Crippen LogP contribution is 2.14. The van der Waals surface area contributed by atoms with Crippen molar-refractivity contribution < 1.29 is 14.0 Å². The van der Waals surface area contributed by atoms with Crippen LogP contribution in [-0.4, -0.2) is 28.1 Å². The maximum absolute atomic E-state index is 13.1. The minimum atomic E-state index is -0.447. The van der Waals surface area contributed by atoms with Crippen LogP contribution in [-0.2, 0) is 18.3 Å². The van der Waals surface area contributed by atoms with Crippen molar-refractivity contribution in [1.82, 2.24) is 15.1 Å². The van der Waals surface area contributed by atoms with E-state index in [1.54, 1.807) is 17.8 Å². The summed E-state index contributed by atoms with van der Waals surface area (Å²) in [5, 5.41) is 9.26. The molecule has 0 saturated carbocycles. The van der Waals surface area contributed by atoms with Crippen LogP contribution in [0.25, 0.3) is 0 Å². The van der Waals surface area contributed by atoms with Crippen LogP contribution in [0.1, 0.15) is 21.6 Å². The van der Waals surface area contributed by atoms with Crippen LogP contribution in [0.4, 0.5) is 10.1 Å². The Morgan fingerprint density at radius 3 is 2.63 bits per heavy atom. The number of halogens is 1. The van der Waals surface area contributed by atoms with Crippen molar-refractivity contribution >= 4 is 17.5 Å². The summed E-state index contributed by atoms with van der Waals surface area (Å²) < 4.78 is 14.8. The van der Waals surface area contributed by atoms with E-state index in [4.69, 9.17) is 0 Å². The first-order valence-electron chi connectivity index (χ1n) is 8.41. The molecule has 27 heavy (non-hydrogen) atoms. The van der Waals surface area contributed by atoms with Gasteiger partial charge in [-0.25, -0.2) is 4.39 Å². The zero-order valence-corrected chi connectivity index (χ0v) is 14.8. The van der Waals surface area contributed by atoms with Crippen molar-refractivity contribution in [3.8, 4) is 0 Å². The molecule has 3 rings (SSSR count). The minimum absolute atomic E-state index is 0.227. The Labute approximate surface area is 156 Å². The fourth-order valence-electron chi connectivity index (χ4n) is 2.68. The van der Waals surface area contributed by atoms with Gasteiger partial charge >= 0.3 is 0 Å². The molecule has 2 aromatic carbocycles. The molecule has 0 aliphatic carbocycles. The topological polar surface area (TPSA) is 76.0 Å². The molecule has 1 aromatic heterocycles. The van der Waals surface area contributed by atoms with Gasteiger partial charge in [-0.1, -0.05) is 36.4 Å². The largest absolute Gasteiger partial charge is 0.343 e. The van der Waals surface area contributed by atoms with Crippen LogP contribution in [0.15, 0.2) is 60.8 Å². The van der Waals surface area contributed by atoms with Crippen LogP contribution >= 0.6 is 0 Å². The zero-order valence-electron chi connectivity index (χ0n) is 14.8. The van der Waals surface area contributed by atoms with Gasteiger partial charge in [0.1, 0.15) is 5.82 Å². The molecule has 6 nitrogen and oxygen atoms in total. The molecule has 0 fully saturated rings. The van der Waals surface area contributed by atoms with Gasteiger partial charge in [0.25, 0.3) is 5.91 Å². The number of hydrogen-bond donors (Lipinski definition) is 2. The molecule has 0 saturated heterocycles. The van der Waals surface area contributed by atoms with Crippen LogP contribution in [0.2, 0.25) is 0 Å².